The smallest absolute Gasteiger partial charge is 0.164 e. The SMILES string of the molecule is COc1cc2c(Nc3cc(Cl)c(Cl)cc3F)ncnc2cc1O[C@@H]1CO[C@@H]2C1OC[C@H]2F. The van der Waals surface area contributed by atoms with Gasteiger partial charge in [0.05, 0.1) is 41.6 Å². The Kier molecular flexibility index (Phi) is 5.66. The summed E-state index contributed by atoms with van der Waals surface area (Å²) in [6, 6.07) is 5.83. The minimum atomic E-state index is -1.17. The number of fused-ring (bicyclic) bond motifs is 2. The standard InChI is InChI=1S/C21H17Cl2F2N3O4/c1-29-16-2-9-14(5-17(16)32-18-7-31-19-13(25)6-30-20(18)19)26-8-27-21(9)28-15-4-11(23)10(22)3-12(15)24/h2-5,8,13,18-20H,6-7H2,1H3,(H,26,27,28)/t13-,18-,19+,20?/m1/s1. The fourth-order valence-corrected chi connectivity index (χ4v) is 4.16. The van der Waals surface area contributed by atoms with Crippen LogP contribution in [-0.2, 0) is 9.47 Å². The Hall–Kier alpha value is -2.46. The van der Waals surface area contributed by atoms with Gasteiger partial charge in [-0.25, -0.2) is 18.7 Å². The number of rotatable bonds is 5. The zero-order valence-corrected chi connectivity index (χ0v) is 18.2. The number of ether oxygens (including phenoxy) is 4. The molecule has 1 unspecified atom stereocenters. The van der Waals surface area contributed by atoms with E-state index in [0.717, 1.165) is 6.07 Å². The fourth-order valence-electron chi connectivity index (χ4n) is 3.84. The Bertz CT molecular complexity index is 1190. The largest absolute Gasteiger partial charge is 0.493 e. The van der Waals surface area contributed by atoms with Crippen molar-refractivity contribution in [2.75, 3.05) is 25.6 Å². The van der Waals surface area contributed by atoms with Gasteiger partial charge < -0.3 is 24.3 Å². The third-order valence-corrected chi connectivity index (χ3v) is 6.13. The summed E-state index contributed by atoms with van der Waals surface area (Å²) in [5.41, 5.74) is 0.622. The molecular weight excluding hydrogens is 467 g/mol. The van der Waals surface area contributed by atoms with Gasteiger partial charge in [0, 0.05) is 11.5 Å². The molecule has 1 aromatic heterocycles. The molecule has 2 aromatic carbocycles. The lowest BCUT2D eigenvalue weighted by Crippen LogP contribution is -2.33. The summed E-state index contributed by atoms with van der Waals surface area (Å²) in [4.78, 5) is 8.49. The van der Waals surface area contributed by atoms with Crippen molar-refractivity contribution < 1.29 is 27.7 Å². The van der Waals surface area contributed by atoms with Crippen LogP contribution < -0.4 is 14.8 Å². The van der Waals surface area contributed by atoms with E-state index < -0.39 is 30.3 Å². The van der Waals surface area contributed by atoms with E-state index >= 15 is 0 Å². The molecule has 168 valence electrons. The van der Waals surface area contributed by atoms with Crippen LogP contribution >= 0.6 is 23.2 Å². The lowest BCUT2D eigenvalue weighted by molar-refractivity contribution is 0.0271. The van der Waals surface area contributed by atoms with Gasteiger partial charge in [-0.15, -0.1) is 0 Å². The normalized spacial score (nSPS) is 24.5. The Labute approximate surface area is 191 Å². The first kappa shape index (κ1) is 21.4. The van der Waals surface area contributed by atoms with Gasteiger partial charge in [-0.05, 0) is 18.2 Å². The monoisotopic (exact) mass is 483 g/mol. The third-order valence-electron chi connectivity index (χ3n) is 5.41. The number of anilines is 2. The molecule has 0 bridgehead atoms. The van der Waals surface area contributed by atoms with Gasteiger partial charge in [0.2, 0.25) is 0 Å². The molecule has 2 aliphatic heterocycles. The molecule has 32 heavy (non-hydrogen) atoms. The van der Waals surface area contributed by atoms with Crippen LogP contribution in [0.15, 0.2) is 30.6 Å². The van der Waals surface area contributed by atoms with E-state index in [1.165, 1.54) is 19.5 Å². The predicted octanol–water partition coefficient (Wildman–Crippen LogP) is 4.71. The molecular formula is C21H17Cl2F2N3O4. The van der Waals surface area contributed by atoms with Crippen LogP contribution in [0.4, 0.5) is 20.3 Å². The van der Waals surface area contributed by atoms with Gasteiger partial charge in [0.1, 0.15) is 30.2 Å². The van der Waals surface area contributed by atoms with Gasteiger partial charge in [-0.1, -0.05) is 23.2 Å². The molecule has 11 heteroatoms. The van der Waals surface area contributed by atoms with Gasteiger partial charge in [-0.2, -0.15) is 0 Å². The van der Waals surface area contributed by atoms with Gasteiger partial charge in [0.15, 0.2) is 23.8 Å². The van der Waals surface area contributed by atoms with Crippen LogP contribution in [0.2, 0.25) is 10.0 Å². The van der Waals surface area contributed by atoms with Crippen molar-refractivity contribution in [1.29, 1.82) is 0 Å². The Balaban J connectivity index is 1.47. The average Bonchev–Trinajstić information content (AvgIpc) is 3.35. The van der Waals surface area contributed by atoms with Gasteiger partial charge in [-0.3, -0.25) is 0 Å². The first-order valence-electron chi connectivity index (χ1n) is 9.73. The second kappa shape index (κ2) is 8.47. The first-order chi connectivity index (χ1) is 15.4. The highest BCUT2D eigenvalue weighted by Gasteiger charge is 2.49. The molecule has 0 radical (unpaired) electrons. The number of benzene rings is 2. The lowest BCUT2D eigenvalue weighted by Gasteiger charge is -2.20. The molecule has 4 atom stereocenters. The lowest BCUT2D eigenvalue weighted by atomic mass is 10.1. The van der Waals surface area contributed by atoms with Crippen molar-refractivity contribution in [2.45, 2.75) is 24.5 Å². The predicted molar refractivity (Wildman–Crippen MR) is 115 cm³/mol. The maximum Gasteiger partial charge on any atom is 0.164 e. The molecule has 1 N–H and O–H groups in total. The number of aromatic nitrogens is 2. The zero-order valence-electron chi connectivity index (χ0n) is 16.6. The minimum Gasteiger partial charge on any atom is -0.493 e. The summed E-state index contributed by atoms with van der Waals surface area (Å²) < 4.78 is 50.7. The second-order valence-electron chi connectivity index (χ2n) is 7.38. The second-order valence-corrected chi connectivity index (χ2v) is 8.20. The van der Waals surface area contributed by atoms with Crippen molar-refractivity contribution >= 4 is 45.6 Å². The highest BCUT2D eigenvalue weighted by atomic mass is 35.5. The maximum absolute atomic E-state index is 14.3. The fraction of sp³-hybridized carbons (Fsp3) is 0.333. The molecule has 0 saturated carbocycles. The number of nitrogens with zero attached hydrogens (tertiary/aromatic N) is 2. The van der Waals surface area contributed by atoms with Crippen LogP contribution in [0.25, 0.3) is 10.9 Å². The van der Waals surface area contributed by atoms with Gasteiger partial charge >= 0.3 is 0 Å². The zero-order chi connectivity index (χ0) is 22.4. The summed E-state index contributed by atoms with van der Waals surface area (Å²) in [6.07, 6.45) is -1.46. The van der Waals surface area contributed by atoms with E-state index in [9.17, 15) is 8.78 Å². The molecule has 2 saturated heterocycles. The Morgan fingerprint density at radius 3 is 2.62 bits per heavy atom. The number of hydrogen-bond donors (Lipinski definition) is 1. The van der Waals surface area contributed by atoms with E-state index in [1.54, 1.807) is 12.1 Å². The molecule has 0 amide bonds. The first-order valence-corrected chi connectivity index (χ1v) is 10.5. The van der Waals surface area contributed by atoms with E-state index in [1.807, 2.05) is 0 Å². The van der Waals surface area contributed by atoms with Crippen molar-refractivity contribution in [2.24, 2.45) is 0 Å². The van der Waals surface area contributed by atoms with E-state index in [-0.39, 0.29) is 28.9 Å². The number of methoxy groups -OCH3 is 1. The van der Waals surface area contributed by atoms with Crippen molar-refractivity contribution in [3.63, 3.8) is 0 Å². The van der Waals surface area contributed by atoms with Gasteiger partial charge in [0.25, 0.3) is 0 Å². The molecule has 2 fully saturated rings. The quantitative estimate of drug-likeness (QED) is 0.526. The Morgan fingerprint density at radius 1 is 1.03 bits per heavy atom. The van der Waals surface area contributed by atoms with Crippen LogP contribution in [0.3, 0.4) is 0 Å². The summed E-state index contributed by atoms with van der Waals surface area (Å²) in [6.45, 7) is 0.182. The number of hydrogen-bond acceptors (Lipinski definition) is 7. The molecule has 0 aliphatic carbocycles. The van der Waals surface area contributed by atoms with E-state index in [0.29, 0.717) is 28.2 Å². The van der Waals surface area contributed by atoms with Crippen LogP contribution in [0.1, 0.15) is 0 Å². The van der Waals surface area contributed by atoms with Crippen LogP contribution in [-0.4, -0.2) is 54.8 Å². The number of alkyl halides is 1. The highest BCUT2D eigenvalue weighted by molar-refractivity contribution is 6.42. The molecule has 5 rings (SSSR count). The molecule has 7 nitrogen and oxygen atoms in total. The highest BCUT2D eigenvalue weighted by Crippen LogP contribution is 2.38. The molecule has 0 spiro atoms. The third kappa shape index (κ3) is 3.79. The van der Waals surface area contributed by atoms with Crippen molar-refractivity contribution in [3.8, 4) is 11.5 Å². The topological polar surface area (TPSA) is 74.7 Å². The number of halogens is 4. The van der Waals surface area contributed by atoms with E-state index in [4.69, 9.17) is 42.1 Å². The summed E-state index contributed by atoms with van der Waals surface area (Å²) >= 11 is 11.9. The Morgan fingerprint density at radius 2 is 1.81 bits per heavy atom. The summed E-state index contributed by atoms with van der Waals surface area (Å²) in [7, 11) is 1.49. The minimum absolute atomic E-state index is 0.0163. The molecule has 2 aliphatic rings. The summed E-state index contributed by atoms with van der Waals surface area (Å²) in [5.74, 6) is 0.533. The van der Waals surface area contributed by atoms with Crippen molar-refractivity contribution in [1.82, 2.24) is 9.97 Å². The maximum atomic E-state index is 14.3. The molecule has 3 aromatic rings. The molecule has 3 heterocycles. The van der Waals surface area contributed by atoms with Crippen molar-refractivity contribution in [3.05, 3.63) is 46.5 Å². The number of nitrogens with one attached hydrogen (secondary N) is 1. The van der Waals surface area contributed by atoms with Crippen LogP contribution in [0, 0.1) is 5.82 Å². The average molecular weight is 484 g/mol. The van der Waals surface area contributed by atoms with Crippen LogP contribution in [0.5, 0.6) is 11.5 Å². The van der Waals surface area contributed by atoms with E-state index in [2.05, 4.69) is 15.3 Å². The summed E-state index contributed by atoms with van der Waals surface area (Å²) in [5, 5.41) is 3.78.